The largest absolute Gasteiger partial charge is 0.545 e. The Morgan fingerprint density at radius 2 is 2.12 bits per heavy atom. The first-order valence-corrected chi connectivity index (χ1v) is 1.65. The van der Waals surface area contributed by atoms with Gasteiger partial charge in [-0.15, -0.1) is 0 Å². The molecule has 0 saturated heterocycles. The van der Waals surface area contributed by atoms with Gasteiger partial charge in [0.15, 0.2) is 0 Å². The Bertz CT molecular complexity index is 122. The summed E-state index contributed by atoms with van der Waals surface area (Å²) in [6.45, 7) is 0. The van der Waals surface area contributed by atoms with E-state index in [-0.39, 0.29) is 0 Å². The number of carboxylic acid groups (broad SMARTS) is 1. The zero-order valence-corrected chi connectivity index (χ0v) is 3.73. The average molecular weight is 116 g/mol. The second-order valence-corrected chi connectivity index (χ2v) is 0.920. The molecule has 0 bridgehead atoms. The van der Waals surface area contributed by atoms with E-state index in [1.54, 1.807) is 0 Å². The summed E-state index contributed by atoms with van der Waals surface area (Å²) in [6.07, 6.45) is 0.648. The lowest BCUT2D eigenvalue weighted by Crippen LogP contribution is -2.19. The molecule has 0 aromatic heterocycles. The maximum Gasteiger partial charge on any atom is 0.236 e. The normalized spacial score (nSPS) is 9.50. The molecule has 44 valence electrons. The number of nitro groups is 1. The minimum absolute atomic E-state index is 0.301. The summed E-state index contributed by atoms with van der Waals surface area (Å²) in [6, 6.07) is 0. The standard InChI is InChI=1S/C3H3NO4/c5-3(6)1-2-4(7)8/h1-2H,(H,5,6)/p-1/b2-1+. The van der Waals surface area contributed by atoms with Crippen LogP contribution in [0.1, 0.15) is 0 Å². The smallest absolute Gasteiger partial charge is 0.236 e. The molecule has 0 unspecified atom stereocenters. The van der Waals surface area contributed by atoms with Crippen LogP contribution in [0.25, 0.3) is 0 Å². The van der Waals surface area contributed by atoms with Crippen LogP contribution >= 0.6 is 0 Å². The number of carbonyl (C=O) groups excluding carboxylic acids is 1. The molecule has 0 N–H and O–H groups in total. The Morgan fingerprint density at radius 1 is 1.62 bits per heavy atom. The maximum atomic E-state index is 9.40. The van der Waals surface area contributed by atoms with E-state index in [0.29, 0.717) is 12.3 Å². The van der Waals surface area contributed by atoms with Crippen molar-refractivity contribution in [2.75, 3.05) is 0 Å². The fourth-order valence-electron chi connectivity index (χ4n) is 0.122. The van der Waals surface area contributed by atoms with Crippen LogP contribution in [0.5, 0.6) is 0 Å². The number of nitrogens with zero attached hydrogens (tertiary/aromatic N) is 1. The van der Waals surface area contributed by atoms with Crippen LogP contribution < -0.4 is 5.11 Å². The first kappa shape index (κ1) is 6.61. The lowest BCUT2D eigenvalue weighted by atomic mass is 10.6. The fourth-order valence-corrected chi connectivity index (χ4v) is 0.122. The monoisotopic (exact) mass is 116 g/mol. The van der Waals surface area contributed by atoms with Gasteiger partial charge in [-0.05, 0) is 0 Å². The summed E-state index contributed by atoms with van der Waals surface area (Å²) in [4.78, 5) is 17.9. The third-order valence-corrected chi connectivity index (χ3v) is 0.332. The van der Waals surface area contributed by atoms with Gasteiger partial charge < -0.3 is 9.90 Å². The van der Waals surface area contributed by atoms with Crippen LogP contribution in [-0.4, -0.2) is 10.9 Å². The zero-order valence-electron chi connectivity index (χ0n) is 3.73. The van der Waals surface area contributed by atoms with Gasteiger partial charge in [-0.1, -0.05) is 0 Å². The molecule has 5 nitrogen and oxygen atoms in total. The summed E-state index contributed by atoms with van der Waals surface area (Å²) in [5.41, 5.74) is 0. The van der Waals surface area contributed by atoms with Gasteiger partial charge in [0.1, 0.15) is 0 Å². The summed E-state index contributed by atoms with van der Waals surface area (Å²) in [5.74, 6) is -1.57. The number of aliphatic carboxylic acids is 1. The molecule has 0 amide bonds. The minimum atomic E-state index is -1.57. The number of carboxylic acids is 1. The third kappa shape index (κ3) is 4.61. The Morgan fingerprint density at radius 3 is 2.25 bits per heavy atom. The molecular weight excluding hydrogens is 114 g/mol. The van der Waals surface area contributed by atoms with Crippen molar-refractivity contribution in [2.45, 2.75) is 0 Å². The second kappa shape index (κ2) is 2.73. The number of hydrogen-bond donors (Lipinski definition) is 0. The molecule has 0 aromatic carbocycles. The van der Waals surface area contributed by atoms with E-state index >= 15 is 0 Å². The van der Waals surface area contributed by atoms with E-state index in [0.717, 1.165) is 0 Å². The molecule has 0 heterocycles. The molecule has 8 heavy (non-hydrogen) atoms. The Kier molecular flexibility index (Phi) is 2.25. The Balaban J connectivity index is 3.67. The quantitative estimate of drug-likeness (QED) is 0.250. The van der Waals surface area contributed by atoms with E-state index in [9.17, 15) is 20.0 Å². The van der Waals surface area contributed by atoms with Gasteiger partial charge in [-0.25, -0.2) is 0 Å². The summed E-state index contributed by atoms with van der Waals surface area (Å²) in [5, 5.41) is 18.7. The highest BCUT2D eigenvalue weighted by Gasteiger charge is 1.81. The first-order chi connectivity index (χ1) is 3.63. The van der Waals surface area contributed by atoms with Gasteiger partial charge >= 0.3 is 0 Å². The average Bonchev–Trinajstić information content (AvgIpc) is 1.61. The minimum Gasteiger partial charge on any atom is -0.545 e. The van der Waals surface area contributed by atoms with E-state index < -0.39 is 10.9 Å². The molecule has 0 aliphatic heterocycles. The molecule has 5 heteroatoms. The van der Waals surface area contributed by atoms with Crippen LogP contribution in [-0.2, 0) is 4.79 Å². The molecule has 0 aliphatic carbocycles. The van der Waals surface area contributed by atoms with E-state index in [1.165, 1.54) is 0 Å². The van der Waals surface area contributed by atoms with Gasteiger partial charge in [0.2, 0.25) is 6.20 Å². The van der Waals surface area contributed by atoms with E-state index in [4.69, 9.17) is 0 Å². The zero-order chi connectivity index (χ0) is 6.57. The molecule has 0 atom stereocenters. The van der Waals surface area contributed by atoms with E-state index in [2.05, 4.69) is 0 Å². The van der Waals surface area contributed by atoms with Crippen molar-refractivity contribution in [3.63, 3.8) is 0 Å². The van der Waals surface area contributed by atoms with Crippen molar-refractivity contribution in [1.82, 2.24) is 0 Å². The van der Waals surface area contributed by atoms with E-state index in [1.807, 2.05) is 0 Å². The highest BCUT2D eigenvalue weighted by molar-refractivity contribution is 5.77. The van der Waals surface area contributed by atoms with Crippen LogP contribution in [0.3, 0.4) is 0 Å². The van der Waals surface area contributed by atoms with Gasteiger partial charge in [-0.3, -0.25) is 10.1 Å². The highest BCUT2D eigenvalue weighted by atomic mass is 16.6. The van der Waals surface area contributed by atoms with Crippen LogP contribution in [0, 0.1) is 10.1 Å². The maximum absolute atomic E-state index is 9.40. The molecule has 0 spiro atoms. The second-order valence-electron chi connectivity index (χ2n) is 0.920. The SMILES string of the molecule is O=C([O-])/C=C/[N+](=O)[O-]. The number of carbonyl (C=O) groups is 1. The van der Waals surface area contributed by atoms with Crippen molar-refractivity contribution < 1.29 is 14.8 Å². The Hall–Kier alpha value is -1.39. The fraction of sp³-hybridized carbons (Fsp3) is 0. The molecule has 0 radical (unpaired) electrons. The number of hydrogen-bond acceptors (Lipinski definition) is 4. The molecule has 0 aliphatic rings. The molecule has 0 saturated carbocycles. The molecular formula is C3H2NO4-. The lowest BCUT2D eigenvalue weighted by Gasteiger charge is -1.83. The molecule has 0 aromatic rings. The van der Waals surface area contributed by atoms with Crippen LogP contribution in [0.4, 0.5) is 0 Å². The summed E-state index contributed by atoms with van der Waals surface area (Å²) >= 11 is 0. The van der Waals surface area contributed by atoms with Crippen molar-refractivity contribution in [1.29, 1.82) is 0 Å². The topological polar surface area (TPSA) is 83.3 Å². The van der Waals surface area contributed by atoms with Crippen LogP contribution in [0.2, 0.25) is 0 Å². The lowest BCUT2D eigenvalue weighted by molar-refractivity contribution is -0.403. The van der Waals surface area contributed by atoms with Crippen molar-refractivity contribution in [3.8, 4) is 0 Å². The third-order valence-electron chi connectivity index (χ3n) is 0.332. The van der Waals surface area contributed by atoms with Crippen molar-refractivity contribution in [3.05, 3.63) is 22.4 Å². The van der Waals surface area contributed by atoms with Crippen molar-refractivity contribution >= 4 is 5.97 Å². The van der Waals surface area contributed by atoms with Gasteiger partial charge in [0.25, 0.3) is 0 Å². The van der Waals surface area contributed by atoms with Gasteiger partial charge in [-0.2, -0.15) is 0 Å². The van der Waals surface area contributed by atoms with Gasteiger partial charge in [0.05, 0.1) is 10.9 Å². The predicted octanol–water partition coefficient (Wildman–Crippen LogP) is -1.47. The van der Waals surface area contributed by atoms with Crippen molar-refractivity contribution in [2.24, 2.45) is 0 Å². The molecule has 0 rings (SSSR count). The summed E-state index contributed by atoms with van der Waals surface area (Å²) in [7, 11) is 0. The predicted molar refractivity (Wildman–Crippen MR) is 21.1 cm³/mol. The number of rotatable bonds is 2. The molecule has 0 fully saturated rings. The van der Waals surface area contributed by atoms with Gasteiger partial charge in [0, 0.05) is 6.08 Å². The summed E-state index contributed by atoms with van der Waals surface area (Å²) < 4.78 is 0. The first-order valence-electron chi connectivity index (χ1n) is 1.65. The highest BCUT2D eigenvalue weighted by Crippen LogP contribution is 1.69. The van der Waals surface area contributed by atoms with Crippen LogP contribution in [0.15, 0.2) is 12.3 Å². The Labute approximate surface area is 44.4 Å².